The van der Waals surface area contributed by atoms with Gasteiger partial charge in [0.05, 0.1) is 12.0 Å². The molecule has 6 nitrogen and oxygen atoms in total. The Morgan fingerprint density at radius 2 is 1.79 bits per heavy atom. The van der Waals surface area contributed by atoms with Crippen molar-refractivity contribution in [2.45, 2.75) is 36.7 Å². The van der Waals surface area contributed by atoms with Crippen LogP contribution in [0.5, 0.6) is 0 Å². The van der Waals surface area contributed by atoms with Crippen LogP contribution in [0.3, 0.4) is 0 Å². The summed E-state index contributed by atoms with van der Waals surface area (Å²) in [7, 11) is 1.65. The number of rotatable bonds is 6. The maximum absolute atomic E-state index is 12.9. The highest BCUT2D eigenvalue weighted by Gasteiger charge is 2.39. The fraction of sp³-hybridized carbons (Fsp3) is 0.450. The number of hydrogen-bond acceptors (Lipinski definition) is 6. The number of piperidine rings is 1. The highest BCUT2D eigenvalue weighted by Crippen LogP contribution is 2.31. The Morgan fingerprint density at radius 3 is 2.36 bits per heavy atom. The summed E-state index contributed by atoms with van der Waals surface area (Å²) < 4.78 is 5.34. The van der Waals surface area contributed by atoms with Gasteiger partial charge in [0.1, 0.15) is 0 Å². The number of ether oxygens (including phenoxy) is 1. The van der Waals surface area contributed by atoms with E-state index in [1.165, 1.54) is 11.8 Å². The number of nitrogens with zero attached hydrogens (tertiary/aromatic N) is 2. The van der Waals surface area contributed by atoms with E-state index in [9.17, 15) is 4.79 Å². The lowest BCUT2D eigenvalue weighted by atomic mass is 9.78. The van der Waals surface area contributed by atoms with Crippen molar-refractivity contribution < 1.29 is 9.53 Å². The Labute approximate surface area is 176 Å². The number of anilines is 1. The summed E-state index contributed by atoms with van der Waals surface area (Å²) in [5.41, 5.74) is 2.25. The number of halogens is 1. The zero-order valence-electron chi connectivity index (χ0n) is 16.4. The van der Waals surface area contributed by atoms with Gasteiger partial charge in [-0.3, -0.25) is 4.79 Å². The van der Waals surface area contributed by atoms with Gasteiger partial charge in [0, 0.05) is 29.1 Å². The molecule has 0 spiro atoms. The number of hydrogen-bond donors (Lipinski definition) is 2. The summed E-state index contributed by atoms with van der Waals surface area (Å²) in [4.78, 5) is 22.8. The van der Waals surface area contributed by atoms with Crippen molar-refractivity contribution in [3.05, 3.63) is 41.7 Å². The molecule has 1 saturated heterocycles. The number of aryl methyl sites for hydroxylation is 2. The van der Waals surface area contributed by atoms with E-state index in [4.69, 9.17) is 4.74 Å². The largest absolute Gasteiger partial charge is 0.384 e. The molecule has 0 aliphatic carbocycles. The average Bonchev–Trinajstić information content (AvgIpc) is 2.63. The van der Waals surface area contributed by atoms with Crippen LogP contribution in [0.15, 0.2) is 40.4 Å². The third kappa shape index (κ3) is 5.67. The summed E-state index contributed by atoms with van der Waals surface area (Å²) in [6, 6.07) is 9.76. The topological polar surface area (TPSA) is 76.1 Å². The smallest absolute Gasteiger partial charge is 0.233 e. The maximum atomic E-state index is 12.9. The molecule has 1 fully saturated rings. The number of methoxy groups -OCH3 is 1. The van der Waals surface area contributed by atoms with Gasteiger partial charge in [0.25, 0.3) is 0 Å². The molecule has 0 radical (unpaired) electrons. The second kappa shape index (κ2) is 10.2. The molecule has 0 saturated carbocycles. The monoisotopic (exact) mass is 422 g/mol. The number of aromatic nitrogens is 2. The summed E-state index contributed by atoms with van der Waals surface area (Å²) in [5, 5.41) is 7.10. The normalized spacial score (nSPS) is 15.5. The molecule has 2 aromatic rings. The van der Waals surface area contributed by atoms with Gasteiger partial charge in [-0.1, -0.05) is 0 Å². The maximum Gasteiger partial charge on any atom is 0.233 e. The lowest BCUT2D eigenvalue weighted by molar-refractivity contribution is -0.130. The minimum Gasteiger partial charge on any atom is -0.384 e. The van der Waals surface area contributed by atoms with Gasteiger partial charge >= 0.3 is 0 Å². The quantitative estimate of drug-likeness (QED) is 0.692. The zero-order chi connectivity index (χ0) is 19.3. The molecule has 8 heteroatoms. The Balaban J connectivity index is 0.00000280. The predicted octanol–water partition coefficient (Wildman–Crippen LogP) is 3.62. The molecular formula is C20H27ClN4O2S. The lowest BCUT2D eigenvalue weighted by Gasteiger charge is -2.35. The van der Waals surface area contributed by atoms with E-state index in [0.717, 1.165) is 53.1 Å². The van der Waals surface area contributed by atoms with E-state index in [1.54, 1.807) is 7.11 Å². The minimum absolute atomic E-state index is 0. The van der Waals surface area contributed by atoms with Gasteiger partial charge in [-0.2, -0.15) is 0 Å². The number of benzene rings is 1. The summed E-state index contributed by atoms with van der Waals surface area (Å²) in [5.74, 6) is 0.0314. The molecule has 0 unspecified atom stereocenters. The van der Waals surface area contributed by atoms with Crippen LogP contribution in [0.4, 0.5) is 5.69 Å². The second-order valence-corrected chi connectivity index (χ2v) is 8.02. The van der Waals surface area contributed by atoms with Crippen LogP contribution in [0.2, 0.25) is 0 Å². The Morgan fingerprint density at radius 1 is 1.18 bits per heavy atom. The average molecular weight is 423 g/mol. The van der Waals surface area contributed by atoms with E-state index in [0.29, 0.717) is 6.61 Å². The van der Waals surface area contributed by atoms with Gasteiger partial charge in [0.2, 0.25) is 5.91 Å². The first-order valence-corrected chi connectivity index (χ1v) is 9.94. The Kier molecular flexibility index (Phi) is 8.24. The molecule has 1 aliphatic rings. The number of carbonyl (C=O) groups is 1. The number of nitrogens with one attached hydrogen (secondary N) is 2. The molecule has 0 atom stereocenters. The molecule has 2 heterocycles. The molecule has 152 valence electrons. The van der Waals surface area contributed by atoms with Crippen molar-refractivity contribution in [3.63, 3.8) is 0 Å². The third-order valence-corrected chi connectivity index (χ3v) is 5.62. The summed E-state index contributed by atoms with van der Waals surface area (Å²) in [6.07, 6.45) is 1.56. The Hall–Kier alpha value is -1.67. The fourth-order valence-corrected chi connectivity index (χ4v) is 4.20. The van der Waals surface area contributed by atoms with Crippen molar-refractivity contribution >= 4 is 35.8 Å². The summed E-state index contributed by atoms with van der Waals surface area (Å²) in [6.45, 7) is 6.05. The van der Waals surface area contributed by atoms with Gasteiger partial charge in [-0.25, -0.2) is 9.97 Å². The van der Waals surface area contributed by atoms with Crippen LogP contribution >= 0.6 is 24.2 Å². The van der Waals surface area contributed by atoms with Crippen LogP contribution < -0.4 is 10.6 Å². The molecule has 3 rings (SSSR count). The van der Waals surface area contributed by atoms with E-state index >= 15 is 0 Å². The fourth-order valence-electron chi connectivity index (χ4n) is 3.33. The van der Waals surface area contributed by atoms with Crippen LogP contribution in [-0.2, 0) is 9.53 Å². The minimum atomic E-state index is -0.458. The van der Waals surface area contributed by atoms with Crippen LogP contribution in [0, 0.1) is 19.3 Å². The lowest BCUT2D eigenvalue weighted by Crippen LogP contribution is -2.47. The predicted molar refractivity (Wildman–Crippen MR) is 114 cm³/mol. The van der Waals surface area contributed by atoms with Crippen molar-refractivity contribution in [2.75, 3.05) is 32.1 Å². The first-order valence-electron chi connectivity index (χ1n) is 9.12. The number of amides is 1. The van der Waals surface area contributed by atoms with Crippen molar-refractivity contribution in [1.82, 2.24) is 15.3 Å². The standard InChI is InChI=1S/C20H26N4O2S.ClH/c1-14-12-15(2)23-19(22-14)27-17-6-4-16(5-7-17)24-18(25)20(13-26-3)8-10-21-11-9-20;/h4-7,12,21H,8-11,13H2,1-3H3,(H,24,25);1H. The molecule has 1 aromatic heterocycles. The highest BCUT2D eigenvalue weighted by molar-refractivity contribution is 7.99. The highest BCUT2D eigenvalue weighted by atomic mass is 35.5. The molecule has 2 N–H and O–H groups in total. The molecule has 0 bridgehead atoms. The molecule has 1 aromatic carbocycles. The van der Waals surface area contributed by atoms with Gasteiger partial charge < -0.3 is 15.4 Å². The van der Waals surface area contributed by atoms with Crippen LogP contribution in [0.25, 0.3) is 0 Å². The molecule has 1 aliphatic heterocycles. The van der Waals surface area contributed by atoms with Crippen molar-refractivity contribution in [1.29, 1.82) is 0 Å². The van der Waals surface area contributed by atoms with E-state index < -0.39 is 5.41 Å². The first-order chi connectivity index (χ1) is 13.0. The molecule has 28 heavy (non-hydrogen) atoms. The van der Waals surface area contributed by atoms with Crippen molar-refractivity contribution in [2.24, 2.45) is 5.41 Å². The third-order valence-electron chi connectivity index (χ3n) is 4.75. The van der Waals surface area contributed by atoms with Crippen LogP contribution in [-0.4, -0.2) is 42.7 Å². The summed E-state index contributed by atoms with van der Waals surface area (Å²) >= 11 is 1.52. The van der Waals surface area contributed by atoms with Crippen molar-refractivity contribution in [3.8, 4) is 0 Å². The Bertz CT molecular complexity index is 770. The van der Waals surface area contributed by atoms with Gasteiger partial charge in [0.15, 0.2) is 5.16 Å². The van der Waals surface area contributed by atoms with E-state index in [1.807, 2.05) is 44.2 Å². The van der Waals surface area contributed by atoms with Gasteiger partial charge in [-0.15, -0.1) is 12.4 Å². The second-order valence-electron chi connectivity index (χ2n) is 6.98. The molecular weight excluding hydrogens is 396 g/mol. The van der Waals surface area contributed by atoms with Crippen LogP contribution in [0.1, 0.15) is 24.2 Å². The van der Waals surface area contributed by atoms with Gasteiger partial charge in [-0.05, 0) is 81.9 Å². The van der Waals surface area contributed by atoms with E-state index in [2.05, 4.69) is 20.6 Å². The SMILES string of the molecule is COCC1(C(=O)Nc2ccc(Sc3nc(C)cc(C)n3)cc2)CCNCC1.Cl. The molecule has 1 amide bonds. The van der Waals surface area contributed by atoms with E-state index in [-0.39, 0.29) is 18.3 Å². The zero-order valence-corrected chi connectivity index (χ0v) is 18.1. The first kappa shape index (κ1) is 22.6. The number of carbonyl (C=O) groups excluding carboxylic acids is 1.